The molecule has 0 aromatic rings. The minimum atomic E-state index is 0. The van der Waals surface area contributed by atoms with E-state index in [1.807, 2.05) is 12.2 Å². The first-order chi connectivity index (χ1) is 6.42. The van der Waals surface area contributed by atoms with Gasteiger partial charge in [0, 0.05) is 0 Å². The van der Waals surface area contributed by atoms with Gasteiger partial charge in [-0.3, -0.25) is 6.08 Å². The summed E-state index contributed by atoms with van der Waals surface area (Å²) in [6.07, 6.45) is 13.7. The summed E-state index contributed by atoms with van der Waals surface area (Å²) in [5, 5.41) is 0. The molecule has 0 spiro atoms. The van der Waals surface area contributed by atoms with Gasteiger partial charge in [-0.2, -0.15) is 17.7 Å². The van der Waals surface area contributed by atoms with Gasteiger partial charge in [0.15, 0.2) is 0 Å². The monoisotopic (exact) mass is 363 g/mol. The average Bonchev–Trinajstić information content (AvgIpc) is 2.56. The van der Waals surface area contributed by atoms with Crippen LogP contribution in [0.15, 0.2) is 18.2 Å². The Balaban J connectivity index is -0.0000000552. The van der Waals surface area contributed by atoms with E-state index in [4.69, 9.17) is 0 Å². The summed E-state index contributed by atoms with van der Waals surface area (Å²) in [7, 11) is 0.280. The molecule has 18 heavy (non-hydrogen) atoms. The van der Waals surface area contributed by atoms with Crippen LogP contribution in [0.4, 0.5) is 0 Å². The standard InChI is InChI=1S/C8H18P.C5H5.3ClH.Ti/c1-8(2,3)6-7-9(4)5;1-2-4-5-3-1;;;;/h6H,7H2,1-5H3;1-3H,4H2;3*1H;/q2*-1;;;;+3/p-3. The van der Waals surface area contributed by atoms with Crippen LogP contribution in [0.1, 0.15) is 27.2 Å². The first-order valence-electron chi connectivity index (χ1n) is 5.12. The van der Waals surface area contributed by atoms with Crippen LogP contribution in [0.5, 0.6) is 0 Å². The third kappa shape index (κ3) is 30.5. The Kier molecular flexibility index (Phi) is 32.6. The molecule has 0 saturated carbocycles. The summed E-state index contributed by atoms with van der Waals surface area (Å²) in [5.74, 6) is 0. The Bertz CT molecular complexity index is 189. The molecule has 0 N–H and O–H groups in total. The van der Waals surface area contributed by atoms with Crippen molar-refractivity contribution in [3.05, 3.63) is 30.7 Å². The van der Waals surface area contributed by atoms with Gasteiger partial charge in [-0.05, 0) is 13.3 Å². The van der Waals surface area contributed by atoms with E-state index in [0.29, 0.717) is 5.41 Å². The van der Waals surface area contributed by atoms with Crippen molar-refractivity contribution in [3.63, 3.8) is 0 Å². The molecule has 5 heteroatoms. The Morgan fingerprint density at radius 3 is 1.78 bits per heavy atom. The molecule has 0 saturated heterocycles. The zero-order chi connectivity index (χ0) is 11.0. The van der Waals surface area contributed by atoms with Crippen molar-refractivity contribution in [2.24, 2.45) is 5.41 Å². The second-order valence-electron chi connectivity index (χ2n) is 4.84. The maximum atomic E-state index is 2.99. The van der Waals surface area contributed by atoms with E-state index in [2.05, 4.69) is 52.7 Å². The predicted molar refractivity (Wildman–Crippen MR) is 69.0 cm³/mol. The van der Waals surface area contributed by atoms with Crippen LogP contribution < -0.4 is 37.2 Å². The van der Waals surface area contributed by atoms with E-state index < -0.39 is 0 Å². The van der Waals surface area contributed by atoms with Crippen molar-refractivity contribution in [2.45, 2.75) is 27.2 Å². The van der Waals surface area contributed by atoms with Crippen molar-refractivity contribution >= 4 is 7.92 Å². The van der Waals surface area contributed by atoms with Crippen LogP contribution in [0, 0.1) is 17.9 Å². The Morgan fingerprint density at radius 2 is 1.67 bits per heavy atom. The van der Waals surface area contributed by atoms with Crippen molar-refractivity contribution in [1.82, 2.24) is 0 Å². The molecule has 1 rings (SSSR count). The summed E-state index contributed by atoms with van der Waals surface area (Å²) in [6.45, 7) is 11.4. The first-order valence-corrected chi connectivity index (χ1v) is 7.55. The van der Waals surface area contributed by atoms with Gasteiger partial charge in [-0.15, -0.1) is 14.3 Å². The summed E-state index contributed by atoms with van der Waals surface area (Å²) in [5.41, 5.74) is 0.423. The van der Waals surface area contributed by atoms with Crippen LogP contribution in [-0.4, -0.2) is 19.5 Å². The first kappa shape index (κ1) is 31.7. The minimum absolute atomic E-state index is 0. The molecule has 1 radical (unpaired) electrons. The second kappa shape index (κ2) is 18.5. The van der Waals surface area contributed by atoms with E-state index in [9.17, 15) is 0 Å². The number of allylic oxidation sites excluding steroid dienone is 4. The molecular weight excluding hydrogens is 341 g/mol. The van der Waals surface area contributed by atoms with Crippen LogP contribution in [-0.2, 0) is 21.7 Å². The quantitative estimate of drug-likeness (QED) is 0.262. The van der Waals surface area contributed by atoms with Crippen LogP contribution >= 0.6 is 7.92 Å². The van der Waals surface area contributed by atoms with Gasteiger partial charge < -0.3 is 43.6 Å². The molecule has 0 fully saturated rings. The number of halogens is 3. The molecule has 0 aliphatic heterocycles. The molecule has 0 amide bonds. The third-order valence-electron chi connectivity index (χ3n) is 1.65. The largest absolute Gasteiger partial charge is 3.00 e. The van der Waals surface area contributed by atoms with E-state index in [0.717, 1.165) is 6.42 Å². The fraction of sp³-hybridized carbons (Fsp3) is 0.615. The molecule has 0 atom stereocenters. The summed E-state index contributed by atoms with van der Waals surface area (Å²) in [6, 6.07) is 0. The maximum absolute atomic E-state index is 2.99. The SMILES string of the molecule is CP(C)C[CH-]C(C)(C)C.[C-]1=CC=CC1.[Cl-].[Cl-].[Cl-].[Ti+3]. The summed E-state index contributed by atoms with van der Waals surface area (Å²) in [4.78, 5) is 0. The van der Waals surface area contributed by atoms with Gasteiger partial charge in [0.2, 0.25) is 0 Å². The van der Waals surface area contributed by atoms with Crippen molar-refractivity contribution < 1.29 is 58.9 Å². The zero-order valence-corrected chi connectivity index (χ0v) is 16.5. The molecule has 0 aromatic heterocycles. The minimum Gasteiger partial charge on any atom is -1.00 e. The summed E-state index contributed by atoms with van der Waals surface area (Å²) >= 11 is 0. The number of hydrogen-bond donors (Lipinski definition) is 0. The zero-order valence-electron chi connectivity index (χ0n) is 11.8. The van der Waals surface area contributed by atoms with Gasteiger partial charge in [-0.25, -0.2) is 12.2 Å². The molecule has 0 heterocycles. The van der Waals surface area contributed by atoms with E-state index in [-0.39, 0.29) is 66.9 Å². The van der Waals surface area contributed by atoms with Gasteiger partial charge in [0.05, 0.1) is 0 Å². The van der Waals surface area contributed by atoms with E-state index >= 15 is 0 Å². The fourth-order valence-corrected chi connectivity index (χ4v) is 1.71. The molecule has 1 aliphatic rings. The predicted octanol–water partition coefficient (Wildman–Crippen LogP) is -4.71. The van der Waals surface area contributed by atoms with Gasteiger partial charge in [0.1, 0.15) is 0 Å². The van der Waals surface area contributed by atoms with Gasteiger partial charge in [-0.1, -0.05) is 20.8 Å². The Labute approximate surface area is 149 Å². The average molecular weight is 365 g/mol. The summed E-state index contributed by atoms with van der Waals surface area (Å²) < 4.78 is 0. The number of rotatable bonds is 2. The molecule has 0 bridgehead atoms. The van der Waals surface area contributed by atoms with E-state index in [1.54, 1.807) is 0 Å². The normalized spacial score (nSPS) is 11.2. The molecule has 0 unspecified atom stereocenters. The topological polar surface area (TPSA) is 0 Å². The number of hydrogen-bond acceptors (Lipinski definition) is 0. The van der Waals surface area contributed by atoms with Gasteiger partial charge in [0.25, 0.3) is 0 Å². The van der Waals surface area contributed by atoms with Crippen molar-refractivity contribution in [3.8, 4) is 0 Å². The van der Waals surface area contributed by atoms with Crippen LogP contribution in [0.25, 0.3) is 0 Å². The maximum Gasteiger partial charge on any atom is 3.00 e. The second-order valence-corrected chi connectivity index (χ2v) is 7.36. The smallest absolute Gasteiger partial charge is 1.00 e. The van der Waals surface area contributed by atoms with Crippen molar-refractivity contribution in [2.75, 3.05) is 19.5 Å². The molecular formula is C13H23Cl3PTi-2. The Hall–Kier alpha value is 1.49. The van der Waals surface area contributed by atoms with Crippen LogP contribution in [0.2, 0.25) is 0 Å². The molecule has 107 valence electrons. The van der Waals surface area contributed by atoms with Crippen molar-refractivity contribution in [1.29, 1.82) is 0 Å². The third-order valence-corrected chi connectivity index (χ3v) is 2.57. The fourth-order valence-electron chi connectivity index (χ4n) is 0.797. The Morgan fingerprint density at radius 1 is 1.17 bits per heavy atom. The van der Waals surface area contributed by atoms with Crippen LogP contribution in [0.3, 0.4) is 0 Å². The molecule has 0 aromatic carbocycles. The molecule has 1 aliphatic carbocycles. The van der Waals surface area contributed by atoms with Gasteiger partial charge >= 0.3 is 21.7 Å². The van der Waals surface area contributed by atoms with E-state index in [1.165, 1.54) is 6.16 Å². The molecule has 0 nitrogen and oxygen atoms in total.